The molecule has 0 aliphatic carbocycles. The molecule has 0 spiro atoms. The highest BCUT2D eigenvalue weighted by Gasteiger charge is 1.94. The van der Waals surface area contributed by atoms with Crippen LogP contribution in [0.5, 0.6) is 0 Å². The second-order valence-electron chi connectivity index (χ2n) is 1.56. The molecule has 0 atom stereocenters. The van der Waals surface area contributed by atoms with Crippen molar-refractivity contribution in [1.29, 1.82) is 0 Å². The highest BCUT2D eigenvalue weighted by Crippen LogP contribution is 1.98. The Kier molecular flexibility index (Phi) is 9.10. The number of carbonyl (C=O) groups is 2. The summed E-state index contributed by atoms with van der Waals surface area (Å²) >= 11 is 0. The molecule has 0 aromatic rings. The molecule has 0 saturated heterocycles. The van der Waals surface area contributed by atoms with E-state index in [1.54, 1.807) is 0 Å². The molecule has 0 bridgehead atoms. The van der Waals surface area contributed by atoms with Gasteiger partial charge in [-0.25, -0.2) is 0 Å². The van der Waals surface area contributed by atoms with E-state index in [1.807, 2.05) is 0 Å². The molecule has 0 saturated carbocycles. The van der Waals surface area contributed by atoms with E-state index in [1.165, 1.54) is 6.92 Å². The summed E-state index contributed by atoms with van der Waals surface area (Å²) < 4.78 is 8.70. The van der Waals surface area contributed by atoms with Crippen molar-refractivity contribution >= 4 is 20.1 Å². The summed E-state index contributed by atoms with van der Waals surface area (Å²) in [6, 6.07) is 0. The average molecular weight is 198 g/mol. The maximum atomic E-state index is 9.97. The first-order valence-electron chi connectivity index (χ1n) is 2.67. The molecular weight excluding hydrogens is 189 g/mol. The molecule has 0 rings (SSSR count). The number of aliphatic carboxylic acids is 1. The van der Waals surface area contributed by atoms with Gasteiger partial charge in [-0.2, -0.15) is 0 Å². The van der Waals surface area contributed by atoms with Crippen LogP contribution in [-0.4, -0.2) is 33.3 Å². The van der Waals surface area contributed by atoms with Crippen LogP contribution in [0.25, 0.3) is 0 Å². The quantitative estimate of drug-likeness (QED) is 0.414. The SMILES string of the molecule is CC(=O)NCC(=O)O.O=[P+](O)O. The summed E-state index contributed by atoms with van der Waals surface area (Å²) in [5.41, 5.74) is 0. The fourth-order valence-electron chi connectivity index (χ4n) is 0.200. The molecule has 7 nitrogen and oxygen atoms in total. The van der Waals surface area contributed by atoms with Crippen LogP contribution in [0.3, 0.4) is 0 Å². The first-order chi connectivity index (χ1) is 5.36. The maximum absolute atomic E-state index is 9.97. The molecule has 0 radical (unpaired) electrons. The van der Waals surface area contributed by atoms with E-state index in [-0.39, 0.29) is 12.5 Å². The first-order valence-corrected chi connectivity index (χ1v) is 3.84. The Balaban J connectivity index is 0. The zero-order valence-corrected chi connectivity index (χ0v) is 7.12. The number of carboxylic acid groups (broad SMARTS) is 1. The number of carboxylic acids is 1. The molecule has 0 heterocycles. The fraction of sp³-hybridized carbons (Fsp3) is 0.500. The lowest BCUT2D eigenvalue weighted by molar-refractivity contribution is -0.137. The fourth-order valence-corrected chi connectivity index (χ4v) is 0.200. The highest BCUT2D eigenvalue weighted by molar-refractivity contribution is 7.30. The summed E-state index contributed by atoms with van der Waals surface area (Å²) in [5, 5.41) is 10.1. The van der Waals surface area contributed by atoms with Crippen LogP contribution < -0.4 is 5.32 Å². The Morgan fingerprint density at radius 1 is 1.42 bits per heavy atom. The summed E-state index contributed by atoms with van der Waals surface area (Å²) in [4.78, 5) is 33.9. The van der Waals surface area contributed by atoms with Gasteiger partial charge in [0.1, 0.15) is 6.54 Å². The van der Waals surface area contributed by atoms with Crippen LogP contribution in [0.15, 0.2) is 0 Å². The van der Waals surface area contributed by atoms with Crippen LogP contribution in [0, 0.1) is 0 Å². The Morgan fingerprint density at radius 3 is 1.83 bits per heavy atom. The third-order valence-electron chi connectivity index (χ3n) is 0.489. The molecular formula is C4H9NO6P+. The molecule has 0 fully saturated rings. The Morgan fingerprint density at radius 2 is 1.75 bits per heavy atom. The van der Waals surface area contributed by atoms with E-state index >= 15 is 0 Å². The van der Waals surface area contributed by atoms with Crippen molar-refractivity contribution in [2.75, 3.05) is 6.54 Å². The van der Waals surface area contributed by atoms with Gasteiger partial charge in [-0.15, -0.1) is 9.79 Å². The van der Waals surface area contributed by atoms with Gasteiger partial charge in [0.15, 0.2) is 0 Å². The van der Waals surface area contributed by atoms with Crippen molar-refractivity contribution in [2.45, 2.75) is 6.92 Å². The van der Waals surface area contributed by atoms with Crippen LogP contribution >= 0.6 is 8.25 Å². The predicted molar refractivity (Wildman–Crippen MR) is 38.4 cm³/mol. The standard InChI is InChI=1S/C4H7NO3.HO3P/c1-3(6)5-2-4(7)8;1-4(2)3/h2H2,1H3,(H,5,6)(H,7,8);(H-,1,2,3)/p+1. The topological polar surface area (TPSA) is 124 Å². The van der Waals surface area contributed by atoms with Gasteiger partial charge >= 0.3 is 14.2 Å². The molecule has 0 aromatic carbocycles. The molecule has 4 N–H and O–H groups in total. The second-order valence-corrected chi connectivity index (χ2v) is 2.06. The van der Waals surface area contributed by atoms with Crippen molar-refractivity contribution in [2.24, 2.45) is 0 Å². The lowest BCUT2D eigenvalue weighted by atomic mass is 10.6. The Bertz CT molecular complexity index is 162. The second kappa shape index (κ2) is 8.06. The van der Waals surface area contributed by atoms with Gasteiger partial charge in [-0.3, -0.25) is 9.59 Å². The van der Waals surface area contributed by atoms with E-state index in [2.05, 4.69) is 5.32 Å². The van der Waals surface area contributed by atoms with Crippen molar-refractivity contribution in [3.8, 4) is 0 Å². The van der Waals surface area contributed by atoms with Gasteiger partial charge in [0.05, 0.1) is 0 Å². The third-order valence-corrected chi connectivity index (χ3v) is 0.489. The number of carbonyl (C=O) groups excluding carboxylic acids is 1. The normalized spacial score (nSPS) is 7.58. The maximum Gasteiger partial charge on any atom is 0.692 e. The lowest BCUT2D eigenvalue weighted by Gasteiger charge is -1.92. The van der Waals surface area contributed by atoms with Gasteiger partial charge in [-0.1, -0.05) is 0 Å². The van der Waals surface area contributed by atoms with Crippen molar-refractivity contribution in [1.82, 2.24) is 5.32 Å². The van der Waals surface area contributed by atoms with Gasteiger partial charge < -0.3 is 10.4 Å². The minimum absolute atomic E-state index is 0.296. The van der Waals surface area contributed by atoms with E-state index in [0.29, 0.717) is 0 Å². The molecule has 0 aliphatic rings. The largest absolute Gasteiger partial charge is 0.692 e. The summed E-state index contributed by atoms with van der Waals surface area (Å²) in [5.74, 6) is -1.35. The molecule has 0 aliphatic heterocycles. The third kappa shape index (κ3) is 36.2. The van der Waals surface area contributed by atoms with E-state index < -0.39 is 14.2 Å². The summed E-state index contributed by atoms with van der Waals surface area (Å²) in [6.07, 6.45) is 0. The molecule has 0 aromatic heterocycles. The minimum atomic E-state index is -2.87. The number of hydrogen-bond acceptors (Lipinski definition) is 3. The zero-order valence-electron chi connectivity index (χ0n) is 6.22. The monoisotopic (exact) mass is 198 g/mol. The lowest BCUT2D eigenvalue weighted by Crippen LogP contribution is -2.26. The molecule has 0 unspecified atom stereocenters. The summed E-state index contributed by atoms with van der Waals surface area (Å²) in [7, 11) is -2.87. The minimum Gasteiger partial charge on any atom is -0.480 e. The van der Waals surface area contributed by atoms with Crippen LogP contribution in [0.2, 0.25) is 0 Å². The van der Waals surface area contributed by atoms with E-state index in [0.717, 1.165) is 0 Å². The highest BCUT2D eigenvalue weighted by atomic mass is 31.1. The Labute approximate surface area is 69.0 Å². The molecule has 12 heavy (non-hydrogen) atoms. The number of nitrogens with one attached hydrogen (secondary N) is 1. The van der Waals surface area contributed by atoms with Crippen molar-refractivity contribution < 1.29 is 29.0 Å². The first kappa shape index (κ1) is 13.5. The molecule has 70 valence electrons. The molecule has 8 heteroatoms. The van der Waals surface area contributed by atoms with Gasteiger partial charge in [-0.05, 0) is 0 Å². The van der Waals surface area contributed by atoms with Crippen LogP contribution in [0.1, 0.15) is 6.92 Å². The summed E-state index contributed by atoms with van der Waals surface area (Å²) in [6.45, 7) is 0.971. The number of rotatable bonds is 2. The van der Waals surface area contributed by atoms with Crippen LogP contribution in [0.4, 0.5) is 0 Å². The van der Waals surface area contributed by atoms with Gasteiger partial charge in [0.25, 0.3) is 0 Å². The van der Waals surface area contributed by atoms with Gasteiger partial charge in [0.2, 0.25) is 5.91 Å². The number of hydrogen-bond donors (Lipinski definition) is 4. The van der Waals surface area contributed by atoms with Gasteiger partial charge in [0, 0.05) is 11.5 Å². The predicted octanol–water partition coefficient (Wildman–Crippen LogP) is -1.16. The van der Waals surface area contributed by atoms with Crippen molar-refractivity contribution in [3.63, 3.8) is 0 Å². The van der Waals surface area contributed by atoms with E-state index in [4.69, 9.17) is 19.5 Å². The van der Waals surface area contributed by atoms with Crippen molar-refractivity contribution in [3.05, 3.63) is 0 Å². The average Bonchev–Trinajstić information content (AvgIpc) is 1.82. The smallest absolute Gasteiger partial charge is 0.480 e. The number of amides is 1. The van der Waals surface area contributed by atoms with Crippen LogP contribution in [-0.2, 0) is 14.2 Å². The molecule has 1 amide bonds. The van der Waals surface area contributed by atoms with E-state index in [9.17, 15) is 9.59 Å². The Hall–Kier alpha value is -1.04. The zero-order chi connectivity index (χ0) is 10.1.